The smallest absolute Gasteiger partial charge is 0.101 e. The Balaban J connectivity index is 2.65. The van der Waals surface area contributed by atoms with Crippen molar-refractivity contribution in [1.29, 1.82) is 0 Å². The van der Waals surface area contributed by atoms with Crippen molar-refractivity contribution in [2.24, 2.45) is 10.8 Å². The van der Waals surface area contributed by atoms with Crippen LogP contribution >= 0.6 is 0 Å². The highest BCUT2D eigenvalue weighted by Crippen LogP contribution is 2.80. The number of rotatable bonds is 0. The normalized spacial score (nSPS) is 61.7. The second-order valence-electron chi connectivity index (χ2n) is 5.64. The average molecular weight is 196 g/mol. The van der Waals surface area contributed by atoms with E-state index in [1.807, 2.05) is 13.8 Å². The van der Waals surface area contributed by atoms with Crippen LogP contribution in [-0.2, 0) is 0 Å². The third-order valence-electron chi connectivity index (χ3n) is 5.96. The molecule has 0 aromatic rings. The van der Waals surface area contributed by atoms with E-state index in [2.05, 4.69) is 13.8 Å². The first-order valence-corrected chi connectivity index (χ1v) is 5.20. The zero-order valence-corrected chi connectivity index (χ0v) is 9.89. The summed E-state index contributed by atoms with van der Waals surface area (Å²) in [6, 6.07) is 0. The molecular weight excluding hydrogens is 176 g/mol. The number of hydrogen-bond acceptors (Lipinski definition) is 2. The highest BCUT2D eigenvalue weighted by atomic mass is 16.4. The van der Waals surface area contributed by atoms with Crippen LogP contribution in [0.3, 0.4) is 0 Å². The van der Waals surface area contributed by atoms with E-state index in [-0.39, 0.29) is 10.8 Å². The van der Waals surface area contributed by atoms with Gasteiger partial charge in [0.1, 0.15) is 11.2 Å². The highest BCUT2D eigenvalue weighted by Gasteiger charge is 2.85. The Labute approximate surface area is 85.6 Å². The maximum absolute atomic E-state index is 10.4. The van der Waals surface area contributed by atoms with Gasteiger partial charge in [0.2, 0.25) is 0 Å². The van der Waals surface area contributed by atoms with Gasteiger partial charge in [0.05, 0.1) is 0 Å². The van der Waals surface area contributed by atoms with E-state index in [1.54, 1.807) is 13.8 Å². The molecule has 0 unspecified atom stereocenters. The molecule has 0 aromatic heterocycles. The molecule has 2 heteroatoms. The zero-order chi connectivity index (χ0) is 11.2. The molecule has 4 atom stereocenters. The molecule has 2 aliphatic rings. The van der Waals surface area contributed by atoms with Gasteiger partial charge in [-0.25, -0.2) is 0 Å². The minimum Gasteiger partial charge on any atom is -0.386 e. The van der Waals surface area contributed by atoms with Gasteiger partial charge in [-0.15, -0.1) is 0 Å². The molecule has 0 saturated heterocycles. The molecule has 1 fully saturated rings. The van der Waals surface area contributed by atoms with Crippen molar-refractivity contribution in [2.75, 3.05) is 0 Å². The van der Waals surface area contributed by atoms with Crippen molar-refractivity contribution >= 4 is 0 Å². The van der Waals surface area contributed by atoms with E-state index in [9.17, 15) is 10.2 Å². The van der Waals surface area contributed by atoms with Crippen molar-refractivity contribution in [3.63, 3.8) is 0 Å². The lowest BCUT2D eigenvalue weighted by molar-refractivity contribution is -0.366. The van der Waals surface area contributed by atoms with E-state index in [1.165, 1.54) is 11.1 Å². The minimum absolute atomic E-state index is 0.256. The Hall–Kier alpha value is -0.340. The molecule has 2 aliphatic carbocycles. The van der Waals surface area contributed by atoms with E-state index in [0.29, 0.717) is 0 Å². The fraction of sp³-hybridized carbons (Fsp3) is 0.833. The van der Waals surface area contributed by atoms with Crippen LogP contribution in [0.5, 0.6) is 0 Å². The van der Waals surface area contributed by atoms with Crippen LogP contribution in [0.25, 0.3) is 0 Å². The van der Waals surface area contributed by atoms with Gasteiger partial charge in [-0.2, -0.15) is 0 Å². The molecule has 14 heavy (non-hydrogen) atoms. The zero-order valence-electron chi connectivity index (χ0n) is 9.89. The van der Waals surface area contributed by atoms with Crippen molar-refractivity contribution in [3.05, 3.63) is 11.1 Å². The van der Waals surface area contributed by atoms with E-state index >= 15 is 0 Å². The van der Waals surface area contributed by atoms with Crippen molar-refractivity contribution in [2.45, 2.75) is 52.7 Å². The lowest BCUT2D eigenvalue weighted by atomic mass is 9.26. The number of hydrogen-bond donors (Lipinski definition) is 2. The maximum Gasteiger partial charge on any atom is 0.101 e. The molecule has 1 saturated carbocycles. The fourth-order valence-corrected chi connectivity index (χ4v) is 4.05. The standard InChI is InChI=1S/C12H20O2/c1-7-8(2)10(4)9(7,3)11(5,13)12(10,6)14/h13-14H,1-6H3/t9-,10+,11-,12+. The maximum atomic E-state index is 10.4. The van der Waals surface area contributed by atoms with Crippen LogP contribution < -0.4 is 0 Å². The Morgan fingerprint density at radius 1 is 0.714 bits per heavy atom. The summed E-state index contributed by atoms with van der Waals surface area (Å²) in [7, 11) is 0. The van der Waals surface area contributed by atoms with Crippen molar-refractivity contribution in [3.8, 4) is 0 Å². The van der Waals surface area contributed by atoms with Crippen LogP contribution in [0.2, 0.25) is 0 Å². The van der Waals surface area contributed by atoms with Gasteiger partial charge >= 0.3 is 0 Å². The van der Waals surface area contributed by atoms with Crippen molar-refractivity contribution in [1.82, 2.24) is 0 Å². The molecule has 0 radical (unpaired) electrons. The van der Waals surface area contributed by atoms with Crippen LogP contribution in [0, 0.1) is 10.8 Å². The number of fused-ring (bicyclic) bond motifs is 1. The summed E-state index contributed by atoms with van der Waals surface area (Å²) in [6.45, 7) is 11.7. The molecule has 2 rings (SSSR count). The van der Waals surface area contributed by atoms with Gasteiger partial charge in [-0.1, -0.05) is 25.0 Å². The first kappa shape index (κ1) is 10.2. The molecule has 0 aromatic carbocycles. The summed E-state index contributed by atoms with van der Waals surface area (Å²) < 4.78 is 0. The third-order valence-corrected chi connectivity index (χ3v) is 5.96. The molecule has 0 spiro atoms. The van der Waals surface area contributed by atoms with Gasteiger partial charge in [-0.05, 0) is 27.7 Å². The van der Waals surface area contributed by atoms with Gasteiger partial charge in [0.15, 0.2) is 0 Å². The Morgan fingerprint density at radius 3 is 1.14 bits per heavy atom. The van der Waals surface area contributed by atoms with Crippen LogP contribution in [0.15, 0.2) is 11.1 Å². The van der Waals surface area contributed by atoms with E-state index < -0.39 is 11.2 Å². The molecule has 0 heterocycles. The fourth-order valence-electron chi connectivity index (χ4n) is 4.05. The topological polar surface area (TPSA) is 40.5 Å². The summed E-state index contributed by atoms with van der Waals surface area (Å²) in [5, 5.41) is 20.7. The first-order chi connectivity index (χ1) is 6.07. The monoisotopic (exact) mass is 196 g/mol. The molecule has 2 nitrogen and oxygen atoms in total. The SMILES string of the molecule is CC1=C(C)[C@]2(C)[C@](C)(O)[C@](C)(O)[C@]12C. The summed E-state index contributed by atoms with van der Waals surface area (Å²) >= 11 is 0. The second-order valence-corrected chi connectivity index (χ2v) is 5.64. The van der Waals surface area contributed by atoms with Gasteiger partial charge in [-0.3, -0.25) is 0 Å². The van der Waals surface area contributed by atoms with Crippen LogP contribution in [0.1, 0.15) is 41.5 Å². The molecule has 0 aliphatic heterocycles. The molecule has 0 amide bonds. The lowest BCUT2D eigenvalue weighted by Gasteiger charge is -2.81. The third kappa shape index (κ3) is 0.496. The Kier molecular flexibility index (Phi) is 1.42. The molecule has 0 bridgehead atoms. The van der Waals surface area contributed by atoms with E-state index in [4.69, 9.17) is 0 Å². The molecule has 80 valence electrons. The average Bonchev–Trinajstić information content (AvgIpc) is 2.11. The Morgan fingerprint density at radius 2 is 0.929 bits per heavy atom. The van der Waals surface area contributed by atoms with Crippen LogP contribution in [-0.4, -0.2) is 21.4 Å². The summed E-state index contributed by atoms with van der Waals surface area (Å²) in [4.78, 5) is 0. The highest BCUT2D eigenvalue weighted by molar-refractivity contribution is 5.55. The first-order valence-electron chi connectivity index (χ1n) is 5.20. The predicted molar refractivity (Wildman–Crippen MR) is 55.8 cm³/mol. The van der Waals surface area contributed by atoms with Gasteiger partial charge in [0.25, 0.3) is 0 Å². The van der Waals surface area contributed by atoms with Crippen LogP contribution in [0.4, 0.5) is 0 Å². The van der Waals surface area contributed by atoms with Crippen molar-refractivity contribution < 1.29 is 10.2 Å². The number of aliphatic hydroxyl groups is 2. The summed E-state index contributed by atoms with van der Waals surface area (Å²) in [5.41, 5.74) is -0.0780. The quantitative estimate of drug-likeness (QED) is 0.581. The predicted octanol–water partition coefficient (Wildman–Crippen LogP) is 1.86. The second kappa shape index (κ2) is 1.96. The van der Waals surface area contributed by atoms with Gasteiger partial charge in [0, 0.05) is 10.8 Å². The van der Waals surface area contributed by atoms with E-state index in [0.717, 1.165) is 0 Å². The summed E-state index contributed by atoms with van der Waals surface area (Å²) in [6.07, 6.45) is 0. The summed E-state index contributed by atoms with van der Waals surface area (Å²) in [5.74, 6) is 0. The van der Waals surface area contributed by atoms with Gasteiger partial charge < -0.3 is 10.2 Å². The molecular formula is C12H20O2. The minimum atomic E-state index is -1.02. The lowest BCUT2D eigenvalue weighted by Crippen LogP contribution is -2.88. The molecule has 2 N–H and O–H groups in total. The Bertz CT molecular complexity index is 317. The largest absolute Gasteiger partial charge is 0.386 e.